The molecule has 168 valence electrons. The number of nitrogens with one attached hydrogen (secondary N) is 1. The van der Waals surface area contributed by atoms with Gasteiger partial charge < -0.3 is 10.1 Å². The number of methoxy groups -OCH3 is 1. The summed E-state index contributed by atoms with van der Waals surface area (Å²) in [6, 6.07) is 7.74. The van der Waals surface area contributed by atoms with Crippen LogP contribution in [0.25, 0.3) is 15.9 Å². The molecule has 3 aromatic rings. The van der Waals surface area contributed by atoms with Gasteiger partial charge in [0.15, 0.2) is 5.16 Å². The van der Waals surface area contributed by atoms with E-state index in [1.54, 1.807) is 23.0 Å². The molecule has 1 unspecified atom stereocenters. The van der Waals surface area contributed by atoms with E-state index in [4.69, 9.17) is 9.72 Å². The molecule has 0 bridgehead atoms. The number of fused-ring (bicyclic) bond motifs is 3. The Morgan fingerprint density at radius 1 is 1.22 bits per heavy atom. The van der Waals surface area contributed by atoms with Gasteiger partial charge in [-0.1, -0.05) is 18.2 Å². The third-order valence-electron chi connectivity index (χ3n) is 6.11. The molecule has 1 atom stereocenters. The second-order valence-electron chi connectivity index (χ2n) is 8.52. The molecule has 2 aromatic heterocycles. The van der Waals surface area contributed by atoms with Crippen LogP contribution in [0.2, 0.25) is 0 Å². The highest BCUT2D eigenvalue weighted by Gasteiger charge is 2.28. The zero-order valence-corrected chi connectivity index (χ0v) is 20.0. The number of thiophene rings is 1. The summed E-state index contributed by atoms with van der Waals surface area (Å²) in [5.41, 5.74) is 1.87. The number of aromatic nitrogens is 2. The van der Waals surface area contributed by atoms with Crippen LogP contribution in [0, 0.1) is 0 Å². The fraction of sp³-hybridized carbons (Fsp3) is 0.458. The second kappa shape index (κ2) is 8.90. The number of amides is 1. The van der Waals surface area contributed by atoms with Crippen LogP contribution in [-0.4, -0.2) is 33.9 Å². The van der Waals surface area contributed by atoms with Gasteiger partial charge in [0.1, 0.15) is 10.6 Å². The molecule has 6 nitrogen and oxygen atoms in total. The lowest BCUT2D eigenvalue weighted by Gasteiger charge is -2.16. The van der Waals surface area contributed by atoms with E-state index < -0.39 is 0 Å². The van der Waals surface area contributed by atoms with Crippen LogP contribution >= 0.6 is 23.1 Å². The number of aryl methyl sites for hydroxylation is 2. The first kappa shape index (κ1) is 21.5. The molecule has 1 amide bonds. The Balaban J connectivity index is 1.62. The van der Waals surface area contributed by atoms with E-state index in [1.807, 2.05) is 31.2 Å². The van der Waals surface area contributed by atoms with E-state index in [0.717, 1.165) is 60.2 Å². The first-order valence-electron chi connectivity index (χ1n) is 11.2. The SMILES string of the molecule is COc1ccc(-n2c(SC(C)C(=O)NC3CC3)nc3sc4c(c3c2=O)CCCCC4)cc1. The molecular weight excluding hydrogens is 442 g/mol. The van der Waals surface area contributed by atoms with Crippen molar-refractivity contribution in [3.8, 4) is 11.4 Å². The molecule has 0 radical (unpaired) electrons. The van der Waals surface area contributed by atoms with Crippen molar-refractivity contribution in [1.82, 2.24) is 14.9 Å². The normalized spacial score (nSPS) is 16.9. The van der Waals surface area contributed by atoms with Gasteiger partial charge in [-0.25, -0.2) is 4.98 Å². The number of ether oxygens (including phenoxy) is 1. The lowest BCUT2D eigenvalue weighted by molar-refractivity contribution is -0.120. The lowest BCUT2D eigenvalue weighted by Crippen LogP contribution is -2.33. The summed E-state index contributed by atoms with van der Waals surface area (Å²) >= 11 is 3.00. The molecule has 0 saturated heterocycles. The summed E-state index contributed by atoms with van der Waals surface area (Å²) in [7, 11) is 1.62. The fourth-order valence-corrected chi connectivity index (χ4v) is 6.40. The largest absolute Gasteiger partial charge is 0.497 e. The average Bonchev–Trinajstić information content (AvgIpc) is 3.58. The predicted octanol–water partition coefficient (Wildman–Crippen LogP) is 4.48. The van der Waals surface area contributed by atoms with Gasteiger partial charge in [-0.15, -0.1) is 11.3 Å². The highest BCUT2D eigenvalue weighted by Crippen LogP contribution is 2.35. The summed E-state index contributed by atoms with van der Waals surface area (Å²) in [5, 5.41) is 4.02. The number of thioether (sulfide) groups is 1. The highest BCUT2D eigenvalue weighted by molar-refractivity contribution is 8.00. The van der Waals surface area contributed by atoms with Crippen molar-refractivity contribution in [1.29, 1.82) is 0 Å². The molecule has 1 aromatic carbocycles. The highest BCUT2D eigenvalue weighted by atomic mass is 32.2. The van der Waals surface area contributed by atoms with E-state index in [0.29, 0.717) is 11.2 Å². The standard InChI is InChI=1S/C24H27N3O3S2/c1-14(21(28)25-15-8-9-15)31-24-26-22-20(18-6-4-3-5-7-19(18)32-22)23(29)27(24)16-10-12-17(30-2)13-11-16/h10-15H,3-9H2,1-2H3,(H,25,28). The molecular formula is C24H27N3O3S2. The summed E-state index contributed by atoms with van der Waals surface area (Å²) in [6.45, 7) is 1.88. The van der Waals surface area contributed by atoms with Crippen molar-refractivity contribution < 1.29 is 9.53 Å². The summed E-state index contributed by atoms with van der Waals surface area (Å²) in [4.78, 5) is 33.5. The van der Waals surface area contributed by atoms with Crippen molar-refractivity contribution in [2.75, 3.05) is 7.11 Å². The van der Waals surface area contributed by atoms with Gasteiger partial charge in [0.2, 0.25) is 5.91 Å². The molecule has 1 fully saturated rings. The van der Waals surface area contributed by atoms with Crippen molar-refractivity contribution in [2.45, 2.75) is 68.3 Å². The number of carbonyl (C=O) groups excluding carboxylic acids is 1. The Hall–Kier alpha value is -2.32. The van der Waals surface area contributed by atoms with Gasteiger partial charge >= 0.3 is 0 Å². The van der Waals surface area contributed by atoms with Crippen molar-refractivity contribution in [2.24, 2.45) is 0 Å². The number of carbonyl (C=O) groups is 1. The van der Waals surface area contributed by atoms with Gasteiger partial charge in [0.25, 0.3) is 5.56 Å². The van der Waals surface area contributed by atoms with Crippen LogP contribution in [0.5, 0.6) is 5.75 Å². The second-order valence-corrected chi connectivity index (χ2v) is 10.9. The first-order valence-corrected chi connectivity index (χ1v) is 12.9. The smallest absolute Gasteiger partial charge is 0.267 e. The molecule has 5 rings (SSSR count). The molecule has 2 heterocycles. The minimum atomic E-state index is -0.345. The van der Waals surface area contributed by atoms with E-state index >= 15 is 0 Å². The van der Waals surface area contributed by atoms with Crippen LogP contribution < -0.4 is 15.6 Å². The molecule has 0 aliphatic heterocycles. The average molecular weight is 470 g/mol. The summed E-state index contributed by atoms with van der Waals surface area (Å²) in [6.07, 6.45) is 7.50. The van der Waals surface area contributed by atoms with Crippen LogP contribution in [-0.2, 0) is 17.6 Å². The van der Waals surface area contributed by atoms with Crippen LogP contribution in [0.1, 0.15) is 49.5 Å². The Bertz CT molecular complexity index is 1210. The topological polar surface area (TPSA) is 73.2 Å². The van der Waals surface area contributed by atoms with Crippen LogP contribution in [0.3, 0.4) is 0 Å². The van der Waals surface area contributed by atoms with Gasteiger partial charge in [0, 0.05) is 10.9 Å². The summed E-state index contributed by atoms with van der Waals surface area (Å²) < 4.78 is 6.96. The van der Waals surface area contributed by atoms with E-state index in [-0.39, 0.29) is 16.7 Å². The third kappa shape index (κ3) is 4.18. The van der Waals surface area contributed by atoms with Crippen molar-refractivity contribution in [3.63, 3.8) is 0 Å². The minimum Gasteiger partial charge on any atom is -0.497 e. The van der Waals surface area contributed by atoms with Crippen molar-refractivity contribution in [3.05, 3.63) is 45.1 Å². The Morgan fingerprint density at radius 3 is 2.69 bits per heavy atom. The summed E-state index contributed by atoms with van der Waals surface area (Å²) in [5.74, 6) is 0.724. The minimum absolute atomic E-state index is 0.00455. The Kier molecular flexibility index (Phi) is 5.99. The lowest BCUT2D eigenvalue weighted by atomic mass is 10.1. The maximum Gasteiger partial charge on any atom is 0.267 e. The molecule has 2 aliphatic rings. The van der Waals surface area contributed by atoms with Crippen LogP contribution in [0.4, 0.5) is 0 Å². The maximum atomic E-state index is 13.9. The number of benzene rings is 1. The molecule has 0 spiro atoms. The Morgan fingerprint density at radius 2 is 1.97 bits per heavy atom. The van der Waals surface area contributed by atoms with Crippen LogP contribution in [0.15, 0.2) is 34.2 Å². The zero-order chi connectivity index (χ0) is 22.2. The monoisotopic (exact) mass is 469 g/mol. The number of nitrogens with zero attached hydrogens (tertiary/aromatic N) is 2. The maximum absolute atomic E-state index is 13.9. The molecule has 1 saturated carbocycles. The molecule has 2 aliphatic carbocycles. The first-order chi connectivity index (χ1) is 15.5. The van der Waals surface area contributed by atoms with Gasteiger partial charge in [-0.3, -0.25) is 14.2 Å². The fourth-order valence-electron chi connectivity index (χ4n) is 4.16. The quantitative estimate of drug-likeness (QED) is 0.327. The van der Waals surface area contributed by atoms with E-state index in [9.17, 15) is 9.59 Å². The molecule has 8 heteroatoms. The van der Waals surface area contributed by atoms with Gasteiger partial charge in [-0.05, 0) is 75.3 Å². The molecule has 1 N–H and O–H groups in total. The van der Waals surface area contributed by atoms with E-state index in [2.05, 4.69) is 5.32 Å². The number of hydrogen-bond acceptors (Lipinski definition) is 6. The van der Waals surface area contributed by atoms with Gasteiger partial charge in [0.05, 0.1) is 23.4 Å². The number of hydrogen-bond donors (Lipinski definition) is 1. The zero-order valence-electron chi connectivity index (χ0n) is 18.3. The molecule has 32 heavy (non-hydrogen) atoms. The Labute approximate surface area is 195 Å². The third-order valence-corrected chi connectivity index (χ3v) is 8.35. The number of rotatable bonds is 6. The predicted molar refractivity (Wildman–Crippen MR) is 130 cm³/mol. The van der Waals surface area contributed by atoms with Crippen molar-refractivity contribution >= 4 is 39.2 Å². The van der Waals surface area contributed by atoms with E-state index in [1.165, 1.54) is 28.6 Å². The van der Waals surface area contributed by atoms with Gasteiger partial charge in [-0.2, -0.15) is 0 Å².